The van der Waals surface area contributed by atoms with Crippen molar-refractivity contribution >= 4 is 23.1 Å². The number of nitrogens with zero attached hydrogens (tertiary/aromatic N) is 1. The molecular weight excluding hydrogens is 470 g/mol. The summed E-state index contributed by atoms with van der Waals surface area (Å²) >= 11 is 0. The van der Waals surface area contributed by atoms with Crippen LogP contribution in [-0.4, -0.2) is 4.57 Å². The fraction of sp³-hybridized carbons (Fsp3) is 0.0526. The minimum absolute atomic E-state index is 0.353. The van der Waals surface area contributed by atoms with E-state index in [9.17, 15) is 0 Å². The molecule has 0 amide bonds. The standard InChI is InChI=1S/C38H27N/c1-3-14-28-29-23-24-34-36(37(29)39(35(28)4-2)25-15-6-5-7-16-25)30-19-10-13-22-33(30)38(34)31-20-11-8-17-26(31)27-18-9-12-21-32(27)38/h3-24H,2H2,1H3/b14-3-. The van der Waals surface area contributed by atoms with Crippen LogP contribution < -0.4 is 0 Å². The maximum atomic E-state index is 4.27. The molecule has 0 fully saturated rings. The Morgan fingerprint density at radius 2 is 1.18 bits per heavy atom. The van der Waals surface area contributed by atoms with E-state index in [2.05, 4.69) is 145 Å². The monoisotopic (exact) mass is 497 g/mol. The molecule has 0 atom stereocenters. The molecule has 0 N–H and O–H groups in total. The van der Waals surface area contributed by atoms with E-state index in [4.69, 9.17) is 0 Å². The first kappa shape index (κ1) is 22.1. The zero-order valence-electron chi connectivity index (χ0n) is 21.9. The van der Waals surface area contributed by atoms with Gasteiger partial charge in [0, 0.05) is 22.2 Å². The summed E-state index contributed by atoms with van der Waals surface area (Å²) in [6.45, 7) is 6.35. The molecule has 5 aromatic carbocycles. The van der Waals surface area contributed by atoms with Crippen LogP contribution in [-0.2, 0) is 5.41 Å². The van der Waals surface area contributed by atoms with E-state index < -0.39 is 0 Å². The van der Waals surface area contributed by atoms with Gasteiger partial charge in [-0.15, -0.1) is 0 Å². The number of allylic oxidation sites excluding steroid dienone is 1. The van der Waals surface area contributed by atoms with E-state index in [0.29, 0.717) is 0 Å². The van der Waals surface area contributed by atoms with Crippen LogP contribution in [0.3, 0.4) is 0 Å². The number of fused-ring (bicyclic) bond motifs is 12. The van der Waals surface area contributed by atoms with Crippen molar-refractivity contribution in [2.45, 2.75) is 12.3 Å². The molecule has 0 saturated heterocycles. The van der Waals surface area contributed by atoms with Gasteiger partial charge in [0.25, 0.3) is 0 Å². The van der Waals surface area contributed by atoms with E-state index in [1.165, 1.54) is 61.0 Å². The van der Waals surface area contributed by atoms with Crippen molar-refractivity contribution in [2.24, 2.45) is 0 Å². The van der Waals surface area contributed by atoms with Crippen molar-refractivity contribution in [1.29, 1.82) is 0 Å². The van der Waals surface area contributed by atoms with Crippen molar-refractivity contribution in [3.8, 4) is 27.9 Å². The molecule has 0 aliphatic heterocycles. The third-order valence-corrected chi connectivity index (χ3v) is 8.71. The van der Waals surface area contributed by atoms with Gasteiger partial charge in [-0.3, -0.25) is 0 Å². The molecule has 0 unspecified atom stereocenters. The lowest BCUT2D eigenvalue weighted by molar-refractivity contribution is 0.794. The molecule has 0 saturated carbocycles. The summed E-state index contributed by atoms with van der Waals surface area (Å²) in [6.07, 6.45) is 6.36. The number of hydrogen-bond donors (Lipinski definition) is 0. The Balaban J connectivity index is 1.62. The number of para-hydroxylation sites is 1. The Kier molecular flexibility index (Phi) is 4.57. The quantitative estimate of drug-likeness (QED) is 0.229. The molecule has 8 rings (SSSR count). The molecule has 0 radical (unpaired) electrons. The molecule has 39 heavy (non-hydrogen) atoms. The smallest absolute Gasteiger partial charge is 0.0726 e. The van der Waals surface area contributed by atoms with Crippen LogP contribution in [0.25, 0.3) is 51.0 Å². The lowest BCUT2D eigenvalue weighted by Crippen LogP contribution is -2.25. The van der Waals surface area contributed by atoms with Crippen molar-refractivity contribution < 1.29 is 0 Å². The normalized spacial score (nSPS) is 14.0. The number of benzene rings is 5. The molecule has 6 aromatic rings. The maximum absolute atomic E-state index is 4.27. The molecule has 0 bridgehead atoms. The largest absolute Gasteiger partial charge is 0.309 e. The molecular formula is C38H27N. The van der Waals surface area contributed by atoms with Crippen molar-refractivity contribution in [1.82, 2.24) is 4.57 Å². The average molecular weight is 498 g/mol. The molecule has 1 heteroatoms. The molecule has 2 aliphatic rings. The second kappa shape index (κ2) is 8.06. The lowest BCUT2D eigenvalue weighted by atomic mass is 9.70. The summed E-state index contributed by atoms with van der Waals surface area (Å²) in [5, 5.41) is 1.25. The topological polar surface area (TPSA) is 4.93 Å². The second-order valence-electron chi connectivity index (χ2n) is 10.4. The molecule has 1 nitrogen and oxygen atoms in total. The van der Waals surface area contributed by atoms with E-state index >= 15 is 0 Å². The van der Waals surface area contributed by atoms with Gasteiger partial charge < -0.3 is 4.57 Å². The SMILES string of the molecule is C=Cc1c(/C=C\C)c2ccc3c(c2n1-c1ccccc1)-c1ccccc1C31c2ccccc2-c2ccccc21. The predicted octanol–water partition coefficient (Wildman–Crippen LogP) is 9.65. The van der Waals surface area contributed by atoms with E-state index in [-0.39, 0.29) is 5.41 Å². The van der Waals surface area contributed by atoms with E-state index in [1.807, 2.05) is 6.08 Å². The van der Waals surface area contributed by atoms with Crippen molar-refractivity contribution in [2.75, 3.05) is 0 Å². The Morgan fingerprint density at radius 1 is 0.615 bits per heavy atom. The third kappa shape index (κ3) is 2.65. The summed E-state index contributed by atoms with van der Waals surface area (Å²) in [6, 6.07) is 42.4. The van der Waals surface area contributed by atoms with Gasteiger partial charge in [-0.1, -0.05) is 122 Å². The van der Waals surface area contributed by atoms with Crippen LogP contribution in [0.4, 0.5) is 0 Å². The van der Waals surface area contributed by atoms with Gasteiger partial charge in [0.1, 0.15) is 0 Å². The third-order valence-electron chi connectivity index (χ3n) is 8.71. The molecule has 1 spiro atoms. The van der Waals surface area contributed by atoms with Crippen molar-refractivity contribution in [3.05, 3.63) is 161 Å². The molecule has 1 aromatic heterocycles. The molecule has 1 heterocycles. The molecule has 184 valence electrons. The summed E-state index contributed by atoms with van der Waals surface area (Å²) in [5.41, 5.74) is 15.1. The van der Waals surface area contributed by atoms with Gasteiger partial charge in [-0.05, 0) is 64.1 Å². The van der Waals surface area contributed by atoms with Gasteiger partial charge in [0.05, 0.1) is 16.6 Å². The second-order valence-corrected chi connectivity index (χ2v) is 10.4. The Labute approximate surface area is 229 Å². The van der Waals surface area contributed by atoms with Gasteiger partial charge in [-0.2, -0.15) is 0 Å². The zero-order valence-corrected chi connectivity index (χ0v) is 21.9. The zero-order chi connectivity index (χ0) is 26.1. The van der Waals surface area contributed by atoms with Gasteiger partial charge >= 0.3 is 0 Å². The Morgan fingerprint density at radius 3 is 1.79 bits per heavy atom. The number of aromatic nitrogens is 1. The highest BCUT2D eigenvalue weighted by atomic mass is 15.0. The van der Waals surface area contributed by atoms with Gasteiger partial charge in [-0.25, -0.2) is 0 Å². The van der Waals surface area contributed by atoms with Crippen LogP contribution >= 0.6 is 0 Å². The van der Waals surface area contributed by atoms with E-state index in [1.54, 1.807) is 0 Å². The summed E-state index contributed by atoms with van der Waals surface area (Å²) in [5.74, 6) is 0. The lowest BCUT2D eigenvalue weighted by Gasteiger charge is -2.30. The highest BCUT2D eigenvalue weighted by Crippen LogP contribution is 2.64. The predicted molar refractivity (Wildman–Crippen MR) is 164 cm³/mol. The first-order valence-electron chi connectivity index (χ1n) is 13.6. The summed E-state index contributed by atoms with van der Waals surface area (Å²) < 4.78 is 2.42. The highest BCUT2D eigenvalue weighted by Gasteiger charge is 2.52. The van der Waals surface area contributed by atoms with Crippen LogP contribution in [0.5, 0.6) is 0 Å². The minimum atomic E-state index is -0.353. The number of hydrogen-bond acceptors (Lipinski definition) is 0. The minimum Gasteiger partial charge on any atom is -0.309 e. The van der Waals surface area contributed by atoms with Crippen LogP contribution in [0.2, 0.25) is 0 Å². The van der Waals surface area contributed by atoms with Crippen LogP contribution in [0.15, 0.2) is 128 Å². The highest BCUT2D eigenvalue weighted by molar-refractivity contribution is 6.09. The van der Waals surface area contributed by atoms with Crippen LogP contribution in [0.1, 0.15) is 40.4 Å². The fourth-order valence-corrected chi connectivity index (χ4v) is 7.38. The van der Waals surface area contributed by atoms with Crippen molar-refractivity contribution in [3.63, 3.8) is 0 Å². The summed E-state index contributed by atoms with van der Waals surface area (Å²) in [4.78, 5) is 0. The number of rotatable bonds is 3. The first-order chi connectivity index (χ1) is 19.3. The average Bonchev–Trinajstić information content (AvgIpc) is 3.59. The summed E-state index contributed by atoms with van der Waals surface area (Å²) in [7, 11) is 0. The first-order valence-corrected chi connectivity index (χ1v) is 13.6. The molecule has 2 aliphatic carbocycles. The van der Waals surface area contributed by atoms with Crippen LogP contribution in [0, 0.1) is 0 Å². The maximum Gasteiger partial charge on any atom is 0.0726 e. The fourth-order valence-electron chi connectivity index (χ4n) is 7.38. The Bertz CT molecular complexity index is 1940. The van der Waals surface area contributed by atoms with Gasteiger partial charge in [0.15, 0.2) is 0 Å². The van der Waals surface area contributed by atoms with Gasteiger partial charge in [0.2, 0.25) is 0 Å². The van der Waals surface area contributed by atoms with E-state index in [0.717, 1.165) is 11.4 Å². The Hall–Kier alpha value is -4.88.